The van der Waals surface area contributed by atoms with E-state index in [1.165, 1.54) is 16.7 Å². The van der Waals surface area contributed by atoms with E-state index in [1.807, 2.05) is 53.8 Å². The number of likely N-dealkylation sites (N-methyl/N-ethyl adjacent to an activating group) is 1. The third kappa shape index (κ3) is 16.6. The third-order valence-corrected chi connectivity index (χ3v) is 9.32. The number of aryl methyl sites for hydroxylation is 2. The Balaban J connectivity index is 0.00000272. The smallest absolute Gasteiger partial charge is 0.0912 e. The van der Waals surface area contributed by atoms with Crippen molar-refractivity contribution in [2.24, 2.45) is 10.7 Å². The lowest BCUT2D eigenvalue weighted by Gasteiger charge is -2.27. The Hall–Kier alpha value is -3.47. The molecule has 2 atom stereocenters. The van der Waals surface area contributed by atoms with E-state index < -0.39 is 0 Å². The van der Waals surface area contributed by atoms with Crippen LogP contribution in [-0.4, -0.2) is 47.9 Å². The lowest BCUT2D eigenvalue weighted by molar-refractivity contribution is 0.292. The predicted octanol–water partition coefficient (Wildman–Crippen LogP) is 12.0. The minimum atomic E-state index is -0.360. The van der Waals surface area contributed by atoms with E-state index >= 15 is 0 Å². The minimum Gasteiger partial charge on any atom is -0.398 e. The van der Waals surface area contributed by atoms with Crippen LogP contribution in [0.4, 0.5) is 10.1 Å². The fourth-order valence-corrected chi connectivity index (χ4v) is 6.28. The van der Waals surface area contributed by atoms with Crippen molar-refractivity contribution in [2.45, 2.75) is 146 Å². The first-order chi connectivity index (χ1) is 25.6. The number of nitrogens with two attached hydrogens (primary N) is 2. The molecule has 0 spiro atoms. The Labute approximate surface area is 328 Å². The van der Waals surface area contributed by atoms with Crippen molar-refractivity contribution < 1.29 is 4.39 Å². The van der Waals surface area contributed by atoms with E-state index in [9.17, 15) is 4.39 Å². The Morgan fingerprint density at radius 2 is 1.74 bits per heavy atom. The fraction of sp³-hybridized carbons (Fsp3) is 0.578. The molecule has 2 heterocycles. The Morgan fingerprint density at radius 1 is 1.04 bits per heavy atom. The number of pyridine rings is 2. The van der Waals surface area contributed by atoms with Crippen LogP contribution >= 0.6 is 11.6 Å². The molecule has 4 N–H and O–H groups in total. The molecule has 53 heavy (non-hydrogen) atoms. The number of rotatable bonds is 17. The van der Waals surface area contributed by atoms with Crippen LogP contribution in [0.5, 0.6) is 0 Å². The zero-order valence-corrected chi connectivity index (χ0v) is 36.1. The molecule has 296 valence electrons. The molecule has 6 nitrogen and oxygen atoms in total. The maximum Gasteiger partial charge on any atom is 0.0912 e. The van der Waals surface area contributed by atoms with Gasteiger partial charge in [0.1, 0.15) is 0 Å². The number of hydrogen-bond donors (Lipinski definition) is 2. The van der Waals surface area contributed by atoms with Gasteiger partial charge in [-0.05, 0) is 92.9 Å². The summed E-state index contributed by atoms with van der Waals surface area (Å²) in [6.07, 6.45) is 11.2. The number of aromatic nitrogens is 2. The summed E-state index contributed by atoms with van der Waals surface area (Å²) in [4.78, 5) is 16.7. The Kier molecular flexibility index (Phi) is 27.1. The van der Waals surface area contributed by atoms with Crippen molar-refractivity contribution in [3.63, 3.8) is 0 Å². The summed E-state index contributed by atoms with van der Waals surface area (Å²) in [5, 5.41) is 0.724. The van der Waals surface area contributed by atoms with E-state index in [0.29, 0.717) is 18.9 Å². The Morgan fingerprint density at radius 3 is 2.30 bits per heavy atom. The molecule has 0 fully saturated rings. The van der Waals surface area contributed by atoms with Crippen molar-refractivity contribution >= 4 is 23.5 Å². The molecule has 8 heteroatoms. The number of hydrogen-bond acceptors (Lipinski definition) is 6. The second-order valence-electron chi connectivity index (χ2n) is 13.0. The quantitative estimate of drug-likeness (QED) is 0.0471. The zero-order valence-electron chi connectivity index (χ0n) is 35.3. The van der Waals surface area contributed by atoms with Crippen LogP contribution < -0.4 is 11.5 Å². The SMILES string of the molecule is CC.CC.CCC#CN.CCCCC(CN(C)Cc1cc(C)c(N)c(C=NCCCF)c1)c1cc(C(C)CC)c(C)c(-c2ccnc(CCC)c2Cl)n1. The zero-order chi connectivity index (χ0) is 40.3. The van der Waals surface area contributed by atoms with E-state index in [-0.39, 0.29) is 12.6 Å². The minimum absolute atomic E-state index is 0.273. The molecule has 0 bridgehead atoms. The average Bonchev–Trinajstić information content (AvgIpc) is 3.16. The molecule has 2 unspecified atom stereocenters. The molecule has 2 aromatic heterocycles. The topological polar surface area (TPSA) is 93.4 Å². The van der Waals surface area contributed by atoms with E-state index in [0.717, 1.165) is 103 Å². The predicted molar refractivity (Wildman–Crippen MR) is 232 cm³/mol. The van der Waals surface area contributed by atoms with Gasteiger partial charge in [0.2, 0.25) is 0 Å². The number of aliphatic imine (C=N–C) groups is 1. The van der Waals surface area contributed by atoms with E-state index in [2.05, 4.69) is 86.7 Å². The maximum absolute atomic E-state index is 12.5. The molecule has 1 aromatic carbocycles. The van der Waals surface area contributed by atoms with Crippen LogP contribution in [0.25, 0.3) is 11.3 Å². The van der Waals surface area contributed by atoms with Gasteiger partial charge in [-0.3, -0.25) is 19.4 Å². The van der Waals surface area contributed by atoms with Gasteiger partial charge in [-0.1, -0.05) is 105 Å². The highest BCUT2D eigenvalue weighted by atomic mass is 35.5. The van der Waals surface area contributed by atoms with Gasteiger partial charge in [-0.15, -0.1) is 0 Å². The van der Waals surface area contributed by atoms with Gasteiger partial charge < -0.3 is 16.4 Å². The van der Waals surface area contributed by atoms with Gasteiger partial charge >= 0.3 is 0 Å². The van der Waals surface area contributed by atoms with Gasteiger partial charge in [-0.2, -0.15) is 0 Å². The molecule has 0 aliphatic heterocycles. The van der Waals surface area contributed by atoms with Crippen molar-refractivity contribution in [1.29, 1.82) is 0 Å². The van der Waals surface area contributed by atoms with Gasteiger partial charge in [0, 0.05) is 72.9 Å². The summed E-state index contributed by atoms with van der Waals surface area (Å²) in [6, 6.07) is 10.9. The van der Waals surface area contributed by atoms with Crippen LogP contribution in [-0.2, 0) is 13.0 Å². The molecular weight excluding hydrogens is 679 g/mol. The highest BCUT2D eigenvalue weighted by Crippen LogP contribution is 2.37. The number of nitrogens with zero attached hydrogens (tertiary/aromatic N) is 4. The van der Waals surface area contributed by atoms with Gasteiger partial charge in [0.05, 0.1) is 23.1 Å². The number of unbranched alkanes of at least 4 members (excludes halogenated alkanes) is 1. The van der Waals surface area contributed by atoms with Crippen LogP contribution in [0.2, 0.25) is 5.02 Å². The van der Waals surface area contributed by atoms with E-state index in [4.69, 9.17) is 28.1 Å². The van der Waals surface area contributed by atoms with Crippen molar-refractivity contribution in [3.05, 3.63) is 74.7 Å². The maximum atomic E-state index is 12.5. The summed E-state index contributed by atoms with van der Waals surface area (Å²) in [6.45, 7) is 24.9. The van der Waals surface area contributed by atoms with Gasteiger partial charge in [0.25, 0.3) is 0 Å². The van der Waals surface area contributed by atoms with Gasteiger partial charge in [-0.25, -0.2) is 0 Å². The average molecular weight is 752 g/mol. The molecule has 0 aliphatic rings. The molecule has 0 saturated carbocycles. The first-order valence-electron chi connectivity index (χ1n) is 20.0. The van der Waals surface area contributed by atoms with Crippen LogP contribution in [0.15, 0.2) is 35.5 Å². The second-order valence-corrected chi connectivity index (χ2v) is 13.4. The van der Waals surface area contributed by atoms with Crippen molar-refractivity contribution in [1.82, 2.24) is 14.9 Å². The summed E-state index contributed by atoms with van der Waals surface area (Å²) in [5.41, 5.74) is 21.6. The van der Waals surface area contributed by atoms with Crippen molar-refractivity contribution in [3.8, 4) is 23.2 Å². The highest BCUT2D eigenvalue weighted by Gasteiger charge is 2.23. The lowest BCUT2D eigenvalue weighted by Crippen LogP contribution is -2.25. The number of halogens is 2. The first kappa shape index (κ1) is 49.5. The van der Waals surface area contributed by atoms with Crippen molar-refractivity contribution in [2.75, 3.05) is 32.5 Å². The monoisotopic (exact) mass is 751 g/mol. The van der Waals surface area contributed by atoms with Crippen LogP contribution in [0.3, 0.4) is 0 Å². The fourth-order valence-electron chi connectivity index (χ4n) is 5.99. The third-order valence-electron chi connectivity index (χ3n) is 8.90. The van der Waals surface area contributed by atoms with Crippen LogP contribution in [0, 0.1) is 25.8 Å². The highest BCUT2D eigenvalue weighted by molar-refractivity contribution is 6.33. The Bertz CT molecular complexity index is 1540. The number of nitrogen functional groups attached to an aromatic ring is 1. The lowest BCUT2D eigenvalue weighted by atomic mass is 9.88. The second kappa shape index (κ2) is 29.0. The summed E-state index contributed by atoms with van der Waals surface area (Å²) in [5.74, 6) is 3.33. The number of anilines is 1. The van der Waals surface area contributed by atoms with Gasteiger partial charge in [0.15, 0.2) is 0 Å². The summed E-state index contributed by atoms with van der Waals surface area (Å²) >= 11 is 6.99. The molecule has 0 saturated heterocycles. The number of benzene rings is 1. The molecule has 0 aliphatic carbocycles. The van der Waals surface area contributed by atoms with Crippen LogP contribution in [0.1, 0.15) is 158 Å². The van der Waals surface area contributed by atoms with E-state index in [1.54, 1.807) is 6.21 Å². The standard InChI is InChI=1S/C37H53ClFN5.C4H7N.2C2H6/c1-8-11-14-29(24-44(7)23-28-19-26(5)36(40)30(20-28)22-41-17-12-16-39)34-21-32(25(4)10-3)27(6)37(43-34)31-15-18-42-33(13-9-2)35(31)38;1-2-3-4-5;2*1-2/h15,18-22,25,29H,8-14,16-17,23-24,40H2,1-7H3;2,5H2,1H3;2*1-2H3. The summed E-state index contributed by atoms with van der Waals surface area (Å²) in [7, 11) is 2.18. The normalized spacial score (nSPS) is 11.7. The first-order valence-corrected chi connectivity index (χ1v) is 20.4. The number of alkyl halides is 1. The summed E-state index contributed by atoms with van der Waals surface area (Å²) < 4.78 is 12.5. The molecule has 0 radical (unpaired) electrons. The molecular formula is C45H72ClFN6. The molecule has 0 amide bonds. The largest absolute Gasteiger partial charge is 0.398 e. The molecule has 3 aromatic rings. The molecule has 3 rings (SSSR count).